The molecule has 46 heavy (non-hydrogen) atoms. The number of anilines is 2. The summed E-state index contributed by atoms with van der Waals surface area (Å²) in [6.07, 6.45) is 16.2. The molecular weight excluding hydrogens is 585 g/mol. The van der Waals surface area contributed by atoms with E-state index in [-0.39, 0.29) is 0 Å². The Labute approximate surface area is 282 Å². The van der Waals surface area contributed by atoms with Gasteiger partial charge in [0.2, 0.25) is 0 Å². The minimum absolute atomic E-state index is 0.367. The first-order chi connectivity index (χ1) is 22.4. The van der Waals surface area contributed by atoms with Crippen molar-refractivity contribution in [2.45, 2.75) is 128 Å². The molecule has 3 aromatic carbocycles. The molecule has 1 unspecified atom stereocenters. The number of rotatable bonds is 23. The fourth-order valence-corrected chi connectivity index (χ4v) is 8.50. The predicted molar refractivity (Wildman–Crippen MR) is 200 cm³/mol. The summed E-state index contributed by atoms with van der Waals surface area (Å²) < 4.78 is 28.9. The summed E-state index contributed by atoms with van der Waals surface area (Å²) >= 11 is 0. The van der Waals surface area contributed by atoms with Gasteiger partial charge in [-0.3, -0.25) is 0 Å². The van der Waals surface area contributed by atoms with Gasteiger partial charge in [0.1, 0.15) is 5.25 Å². The topological polar surface area (TPSA) is 40.6 Å². The van der Waals surface area contributed by atoms with Gasteiger partial charge in [0, 0.05) is 37.6 Å². The van der Waals surface area contributed by atoms with E-state index in [0.717, 1.165) is 55.0 Å². The lowest BCUT2D eigenvalue weighted by Crippen LogP contribution is -2.26. The maximum atomic E-state index is 14.4. The van der Waals surface area contributed by atoms with Crippen molar-refractivity contribution in [1.82, 2.24) is 0 Å². The maximum absolute atomic E-state index is 14.4. The van der Waals surface area contributed by atoms with Crippen LogP contribution in [0.2, 0.25) is 0 Å². The number of nitrogens with zero attached hydrogens (tertiary/aromatic N) is 2. The summed E-state index contributed by atoms with van der Waals surface area (Å²) in [5.74, 6) is 0. The molecular formula is C41H62N2O2S. The molecule has 3 rings (SSSR count). The quantitative estimate of drug-likeness (QED) is 0.0961. The minimum atomic E-state index is -3.69. The van der Waals surface area contributed by atoms with Crippen molar-refractivity contribution in [3.8, 4) is 0 Å². The van der Waals surface area contributed by atoms with E-state index in [1.807, 2.05) is 18.2 Å². The second kappa shape index (κ2) is 20.4. The first kappa shape index (κ1) is 37.7. The van der Waals surface area contributed by atoms with Gasteiger partial charge in [-0.2, -0.15) is 0 Å². The first-order valence-corrected chi connectivity index (χ1v) is 20.0. The monoisotopic (exact) mass is 646 g/mol. The number of unbranched alkanes of at least 4 members (excludes halogenated alkanes) is 10. The molecule has 0 radical (unpaired) electrons. The van der Waals surface area contributed by atoms with E-state index in [1.165, 1.54) is 82.7 Å². The molecule has 0 saturated heterocycles. The maximum Gasteiger partial charge on any atom is 0.189 e. The summed E-state index contributed by atoms with van der Waals surface area (Å²) in [4.78, 5) is 5.23. The van der Waals surface area contributed by atoms with Crippen LogP contribution in [0, 0.1) is 0 Å². The minimum Gasteiger partial charge on any atom is -0.372 e. The predicted octanol–water partition coefficient (Wildman–Crippen LogP) is 11.2. The van der Waals surface area contributed by atoms with E-state index in [2.05, 4.69) is 86.9 Å². The van der Waals surface area contributed by atoms with Crippen LogP contribution in [0.1, 0.15) is 134 Å². The molecule has 0 aliphatic rings. The molecule has 1 atom stereocenters. The normalized spacial score (nSPS) is 12.3. The highest BCUT2D eigenvalue weighted by Gasteiger charge is 2.32. The van der Waals surface area contributed by atoms with E-state index < -0.39 is 15.1 Å². The molecule has 0 aromatic heterocycles. The largest absolute Gasteiger partial charge is 0.372 e. The number of sulfone groups is 1. The van der Waals surface area contributed by atoms with E-state index in [1.54, 1.807) is 12.1 Å². The molecule has 4 nitrogen and oxygen atoms in total. The van der Waals surface area contributed by atoms with Gasteiger partial charge in [0.25, 0.3) is 0 Å². The Hall–Kier alpha value is -2.79. The summed E-state index contributed by atoms with van der Waals surface area (Å²) in [6.45, 7) is 14.9. The van der Waals surface area contributed by atoms with Gasteiger partial charge in [0.15, 0.2) is 9.84 Å². The van der Waals surface area contributed by atoms with Gasteiger partial charge in [-0.15, -0.1) is 0 Å². The fourth-order valence-electron chi connectivity index (χ4n) is 6.61. The Bertz CT molecular complexity index is 1330. The Morgan fingerprint density at radius 2 is 1.09 bits per heavy atom. The lowest BCUT2D eigenvalue weighted by Gasteiger charge is -2.27. The first-order valence-electron chi connectivity index (χ1n) is 18.4. The van der Waals surface area contributed by atoms with E-state index in [4.69, 9.17) is 0 Å². The molecule has 3 aromatic rings. The van der Waals surface area contributed by atoms with Crippen LogP contribution in [-0.2, 0) is 16.3 Å². The van der Waals surface area contributed by atoms with Gasteiger partial charge >= 0.3 is 0 Å². The molecule has 0 aliphatic heterocycles. The lowest BCUT2D eigenvalue weighted by atomic mass is 9.96. The zero-order valence-electron chi connectivity index (χ0n) is 29.6. The van der Waals surface area contributed by atoms with E-state index in [9.17, 15) is 8.42 Å². The Kier molecular flexibility index (Phi) is 16.7. The molecule has 0 N–H and O–H groups in total. The van der Waals surface area contributed by atoms with Crippen molar-refractivity contribution in [3.05, 3.63) is 89.5 Å². The van der Waals surface area contributed by atoms with Gasteiger partial charge in [0.05, 0.1) is 4.90 Å². The molecule has 0 heterocycles. The average molecular weight is 647 g/mol. The highest BCUT2D eigenvalue weighted by atomic mass is 32.2. The molecule has 254 valence electrons. The van der Waals surface area contributed by atoms with Crippen molar-refractivity contribution < 1.29 is 8.42 Å². The van der Waals surface area contributed by atoms with Crippen LogP contribution in [-0.4, -0.2) is 34.6 Å². The van der Waals surface area contributed by atoms with Crippen LogP contribution in [0.25, 0.3) is 0 Å². The number of benzene rings is 3. The molecule has 0 fully saturated rings. The highest BCUT2D eigenvalue weighted by molar-refractivity contribution is 7.92. The summed E-state index contributed by atoms with van der Waals surface area (Å²) in [6, 6.07) is 23.8. The molecule has 0 saturated carbocycles. The Morgan fingerprint density at radius 3 is 1.61 bits per heavy atom. The average Bonchev–Trinajstić information content (AvgIpc) is 3.08. The van der Waals surface area contributed by atoms with Crippen molar-refractivity contribution in [2.24, 2.45) is 0 Å². The van der Waals surface area contributed by atoms with E-state index >= 15 is 0 Å². The zero-order chi connectivity index (χ0) is 33.2. The molecule has 0 aliphatic carbocycles. The summed E-state index contributed by atoms with van der Waals surface area (Å²) in [5.41, 5.74) is 5.15. The van der Waals surface area contributed by atoms with Crippen LogP contribution in [0.4, 0.5) is 11.4 Å². The summed E-state index contributed by atoms with van der Waals surface area (Å²) in [5, 5.41) is -0.768. The number of aryl methyl sites for hydroxylation is 1. The van der Waals surface area contributed by atoms with Crippen LogP contribution in [0.5, 0.6) is 0 Å². The van der Waals surface area contributed by atoms with Gasteiger partial charge < -0.3 is 9.80 Å². The van der Waals surface area contributed by atoms with E-state index in [0.29, 0.717) is 4.90 Å². The lowest BCUT2D eigenvalue weighted by molar-refractivity contribution is 0.575. The fraction of sp³-hybridized carbons (Fsp3) is 0.561. The van der Waals surface area contributed by atoms with Crippen molar-refractivity contribution >= 4 is 21.2 Å². The van der Waals surface area contributed by atoms with Crippen molar-refractivity contribution in [3.63, 3.8) is 0 Å². The second-order valence-corrected chi connectivity index (χ2v) is 14.8. The SMILES string of the molecule is CCCCCCCCN(CCCCCCCC)c1ccc(C(c2ccc(N(CC)CC)cc2CC)S(=O)(=O)c2ccccc2)cc1. The van der Waals surface area contributed by atoms with Crippen LogP contribution in [0.3, 0.4) is 0 Å². The molecule has 0 amide bonds. The van der Waals surface area contributed by atoms with Crippen LogP contribution in [0.15, 0.2) is 77.7 Å². The standard InChI is InChI=1S/C41H62N2O2S/c1-6-11-13-15-17-22-32-43(33-23-18-16-14-12-7-2)37-28-26-36(27-29-37)41(46(44,45)39-24-20-19-21-25-39)40-31-30-38(34-35(40)8-3)42(9-4)10-5/h19-21,24-31,34,41H,6-18,22-23,32-33H2,1-5H3. The second-order valence-electron chi connectivity index (χ2n) is 12.8. The highest BCUT2D eigenvalue weighted by Crippen LogP contribution is 2.39. The third-order valence-electron chi connectivity index (χ3n) is 9.42. The number of hydrogen-bond donors (Lipinski definition) is 0. The van der Waals surface area contributed by atoms with Crippen LogP contribution >= 0.6 is 0 Å². The Morgan fingerprint density at radius 1 is 0.565 bits per heavy atom. The third kappa shape index (κ3) is 10.9. The van der Waals surface area contributed by atoms with Crippen LogP contribution < -0.4 is 9.80 Å². The molecule has 5 heteroatoms. The summed E-state index contributed by atoms with van der Waals surface area (Å²) in [7, 11) is -3.69. The zero-order valence-corrected chi connectivity index (χ0v) is 30.5. The van der Waals surface area contributed by atoms with Gasteiger partial charge in [-0.1, -0.05) is 121 Å². The van der Waals surface area contributed by atoms with Gasteiger partial charge in [-0.25, -0.2) is 8.42 Å². The van der Waals surface area contributed by atoms with Crippen molar-refractivity contribution in [2.75, 3.05) is 36.0 Å². The smallest absolute Gasteiger partial charge is 0.189 e. The molecule has 0 spiro atoms. The third-order valence-corrected chi connectivity index (χ3v) is 11.5. The van der Waals surface area contributed by atoms with Crippen molar-refractivity contribution in [1.29, 1.82) is 0 Å². The Balaban J connectivity index is 1.95. The number of hydrogen-bond acceptors (Lipinski definition) is 4. The molecule has 0 bridgehead atoms. The van der Waals surface area contributed by atoms with Gasteiger partial charge in [-0.05, 0) is 86.2 Å².